The SMILES string of the molecule is COc1ccccc1CCNc1cnc(C(=O)NCc2ccc(F)cc2)cn1. The standard InChI is InChI=1S/C21H21FN4O2/c1-28-19-5-3-2-4-16(19)10-11-23-20-14-24-18(13-25-20)21(27)26-12-15-6-8-17(22)9-7-15/h2-9,13-14H,10-12H2,1H3,(H,23,25)(H,26,27). The summed E-state index contributed by atoms with van der Waals surface area (Å²) in [5.41, 5.74) is 2.12. The molecule has 0 radical (unpaired) electrons. The number of hydrogen-bond acceptors (Lipinski definition) is 5. The average Bonchev–Trinajstić information content (AvgIpc) is 2.74. The van der Waals surface area contributed by atoms with Gasteiger partial charge in [-0.25, -0.2) is 14.4 Å². The topological polar surface area (TPSA) is 76.1 Å². The van der Waals surface area contributed by atoms with E-state index in [1.54, 1.807) is 19.2 Å². The summed E-state index contributed by atoms with van der Waals surface area (Å²) in [6.07, 6.45) is 3.71. The molecule has 0 aliphatic heterocycles. The molecule has 2 N–H and O–H groups in total. The number of methoxy groups -OCH3 is 1. The Balaban J connectivity index is 1.48. The third kappa shape index (κ3) is 5.26. The molecule has 0 aliphatic carbocycles. The molecule has 0 atom stereocenters. The molecule has 0 bridgehead atoms. The molecule has 3 rings (SSSR count). The molecule has 7 heteroatoms. The summed E-state index contributed by atoms with van der Waals surface area (Å²) in [4.78, 5) is 20.5. The molecule has 0 saturated carbocycles. The first-order chi connectivity index (χ1) is 13.7. The van der Waals surface area contributed by atoms with E-state index in [9.17, 15) is 9.18 Å². The number of para-hydroxylation sites is 1. The highest BCUT2D eigenvalue weighted by atomic mass is 19.1. The highest BCUT2D eigenvalue weighted by Gasteiger charge is 2.08. The molecule has 0 saturated heterocycles. The zero-order valence-electron chi connectivity index (χ0n) is 15.5. The Kier molecular flexibility index (Phi) is 6.51. The quantitative estimate of drug-likeness (QED) is 0.628. The van der Waals surface area contributed by atoms with Gasteiger partial charge in [0.05, 0.1) is 19.5 Å². The van der Waals surface area contributed by atoms with Gasteiger partial charge in [0, 0.05) is 13.1 Å². The van der Waals surface area contributed by atoms with E-state index in [0.717, 1.165) is 23.3 Å². The molecular weight excluding hydrogens is 359 g/mol. The minimum Gasteiger partial charge on any atom is -0.496 e. The second-order valence-corrected chi connectivity index (χ2v) is 6.08. The Hall–Kier alpha value is -3.48. The highest BCUT2D eigenvalue weighted by molar-refractivity contribution is 5.91. The number of benzene rings is 2. The van der Waals surface area contributed by atoms with Crippen LogP contribution in [0.5, 0.6) is 5.75 Å². The smallest absolute Gasteiger partial charge is 0.271 e. The maximum atomic E-state index is 12.9. The van der Waals surface area contributed by atoms with Crippen molar-refractivity contribution >= 4 is 11.7 Å². The van der Waals surface area contributed by atoms with Crippen LogP contribution in [0.1, 0.15) is 21.6 Å². The normalized spacial score (nSPS) is 10.4. The largest absolute Gasteiger partial charge is 0.496 e. The number of nitrogens with zero attached hydrogens (tertiary/aromatic N) is 2. The van der Waals surface area contributed by atoms with Gasteiger partial charge in [0.15, 0.2) is 0 Å². The van der Waals surface area contributed by atoms with Crippen LogP contribution in [0.15, 0.2) is 60.9 Å². The van der Waals surface area contributed by atoms with Crippen molar-refractivity contribution in [1.82, 2.24) is 15.3 Å². The number of anilines is 1. The van der Waals surface area contributed by atoms with E-state index in [2.05, 4.69) is 20.6 Å². The zero-order valence-corrected chi connectivity index (χ0v) is 15.5. The summed E-state index contributed by atoms with van der Waals surface area (Å²) >= 11 is 0. The van der Waals surface area contributed by atoms with Gasteiger partial charge in [0.1, 0.15) is 23.1 Å². The Morgan fingerprint density at radius 3 is 2.57 bits per heavy atom. The van der Waals surface area contributed by atoms with E-state index in [1.165, 1.54) is 24.5 Å². The van der Waals surface area contributed by atoms with Gasteiger partial charge < -0.3 is 15.4 Å². The fourth-order valence-electron chi connectivity index (χ4n) is 2.65. The van der Waals surface area contributed by atoms with Crippen LogP contribution >= 0.6 is 0 Å². The van der Waals surface area contributed by atoms with Crippen LogP contribution < -0.4 is 15.4 Å². The summed E-state index contributed by atoms with van der Waals surface area (Å²) in [6.45, 7) is 0.949. The van der Waals surface area contributed by atoms with Crippen LogP contribution in [-0.2, 0) is 13.0 Å². The number of halogens is 1. The minimum atomic E-state index is -0.336. The average molecular weight is 380 g/mol. The zero-order chi connectivity index (χ0) is 19.8. The Bertz CT molecular complexity index is 914. The van der Waals surface area contributed by atoms with Crippen molar-refractivity contribution in [3.8, 4) is 5.75 Å². The lowest BCUT2D eigenvalue weighted by Crippen LogP contribution is -2.24. The van der Waals surface area contributed by atoms with Crippen molar-refractivity contribution in [3.05, 3.63) is 83.6 Å². The molecule has 1 aromatic heterocycles. The molecule has 1 amide bonds. The van der Waals surface area contributed by atoms with E-state index < -0.39 is 0 Å². The van der Waals surface area contributed by atoms with Crippen LogP contribution in [0.3, 0.4) is 0 Å². The lowest BCUT2D eigenvalue weighted by Gasteiger charge is -2.09. The molecular formula is C21H21FN4O2. The van der Waals surface area contributed by atoms with Crippen molar-refractivity contribution in [1.29, 1.82) is 0 Å². The monoisotopic (exact) mass is 380 g/mol. The number of carbonyl (C=O) groups excluding carboxylic acids is 1. The summed E-state index contributed by atoms with van der Waals surface area (Å²) in [7, 11) is 1.65. The summed E-state index contributed by atoms with van der Waals surface area (Å²) < 4.78 is 18.2. The predicted octanol–water partition coefficient (Wildman–Crippen LogP) is 3.21. The van der Waals surface area contributed by atoms with E-state index in [0.29, 0.717) is 18.9 Å². The maximum Gasteiger partial charge on any atom is 0.271 e. The van der Waals surface area contributed by atoms with Crippen LogP contribution in [-0.4, -0.2) is 29.5 Å². The molecule has 0 fully saturated rings. The second kappa shape index (κ2) is 9.45. The first-order valence-corrected chi connectivity index (χ1v) is 8.86. The Morgan fingerprint density at radius 1 is 1.07 bits per heavy atom. The maximum absolute atomic E-state index is 12.9. The van der Waals surface area contributed by atoms with Gasteiger partial charge in [0.25, 0.3) is 5.91 Å². The second-order valence-electron chi connectivity index (χ2n) is 6.08. The molecule has 144 valence electrons. The number of hydrogen-bond donors (Lipinski definition) is 2. The van der Waals surface area contributed by atoms with E-state index >= 15 is 0 Å². The molecule has 0 unspecified atom stereocenters. The Labute approximate surface area is 162 Å². The van der Waals surface area contributed by atoms with E-state index in [-0.39, 0.29) is 17.4 Å². The molecule has 0 spiro atoms. The minimum absolute atomic E-state index is 0.220. The van der Waals surface area contributed by atoms with Crippen molar-refractivity contribution in [2.75, 3.05) is 19.0 Å². The number of amides is 1. The van der Waals surface area contributed by atoms with Gasteiger partial charge in [-0.1, -0.05) is 30.3 Å². The summed E-state index contributed by atoms with van der Waals surface area (Å²) in [5.74, 6) is 0.792. The van der Waals surface area contributed by atoms with Gasteiger partial charge in [-0.2, -0.15) is 0 Å². The van der Waals surface area contributed by atoms with Crippen LogP contribution in [0, 0.1) is 5.82 Å². The van der Waals surface area contributed by atoms with Gasteiger partial charge in [-0.3, -0.25) is 4.79 Å². The number of nitrogens with one attached hydrogen (secondary N) is 2. The van der Waals surface area contributed by atoms with Gasteiger partial charge in [-0.15, -0.1) is 0 Å². The van der Waals surface area contributed by atoms with Crippen LogP contribution in [0.2, 0.25) is 0 Å². The van der Waals surface area contributed by atoms with Crippen molar-refractivity contribution < 1.29 is 13.9 Å². The van der Waals surface area contributed by atoms with Gasteiger partial charge >= 0.3 is 0 Å². The fourth-order valence-corrected chi connectivity index (χ4v) is 2.65. The molecule has 0 aliphatic rings. The number of aromatic nitrogens is 2. The number of rotatable bonds is 8. The molecule has 28 heavy (non-hydrogen) atoms. The molecule has 2 aromatic carbocycles. The number of carbonyl (C=O) groups is 1. The number of ether oxygens (including phenoxy) is 1. The third-order valence-electron chi connectivity index (χ3n) is 4.14. The first kappa shape index (κ1) is 19.3. The van der Waals surface area contributed by atoms with E-state index in [4.69, 9.17) is 4.74 Å². The van der Waals surface area contributed by atoms with Crippen LogP contribution in [0.4, 0.5) is 10.2 Å². The van der Waals surface area contributed by atoms with Gasteiger partial charge in [-0.05, 0) is 35.7 Å². The molecule has 1 heterocycles. The lowest BCUT2D eigenvalue weighted by atomic mass is 10.1. The fraction of sp³-hybridized carbons (Fsp3) is 0.190. The van der Waals surface area contributed by atoms with Gasteiger partial charge in [0.2, 0.25) is 0 Å². The van der Waals surface area contributed by atoms with E-state index in [1.807, 2.05) is 24.3 Å². The Morgan fingerprint density at radius 2 is 1.86 bits per heavy atom. The lowest BCUT2D eigenvalue weighted by molar-refractivity contribution is 0.0945. The van der Waals surface area contributed by atoms with Crippen molar-refractivity contribution in [2.45, 2.75) is 13.0 Å². The highest BCUT2D eigenvalue weighted by Crippen LogP contribution is 2.17. The molecule has 6 nitrogen and oxygen atoms in total. The predicted molar refractivity (Wildman–Crippen MR) is 105 cm³/mol. The first-order valence-electron chi connectivity index (χ1n) is 8.86. The summed E-state index contributed by atoms with van der Waals surface area (Å²) in [6, 6.07) is 13.8. The molecule has 3 aromatic rings. The van der Waals surface area contributed by atoms with Crippen molar-refractivity contribution in [3.63, 3.8) is 0 Å². The van der Waals surface area contributed by atoms with Crippen LogP contribution in [0.25, 0.3) is 0 Å². The third-order valence-corrected chi connectivity index (χ3v) is 4.14. The van der Waals surface area contributed by atoms with Crippen molar-refractivity contribution in [2.24, 2.45) is 0 Å². The summed E-state index contributed by atoms with van der Waals surface area (Å²) in [5, 5.41) is 5.91.